The minimum Gasteiger partial charge on any atom is -0.395 e. The number of aliphatic hydroxyl groups is 1. The molecule has 1 atom stereocenters. The van der Waals surface area contributed by atoms with Crippen LogP contribution in [0.4, 0.5) is 0 Å². The lowest BCUT2D eigenvalue weighted by molar-refractivity contribution is 0.175. The van der Waals surface area contributed by atoms with Crippen molar-refractivity contribution in [3.05, 3.63) is 65.5 Å². The molecule has 0 aliphatic rings. The second-order valence-electron chi connectivity index (χ2n) is 6.68. The van der Waals surface area contributed by atoms with E-state index in [9.17, 15) is 13.5 Å². The second-order valence-corrected chi connectivity index (χ2v) is 9.01. The van der Waals surface area contributed by atoms with E-state index in [0.29, 0.717) is 11.4 Å². The number of pyridine rings is 1. The highest BCUT2D eigenvalue weighted by Crippen LogP contribution is 2.23. The first-order valence-corrected chi connectivity index (χ1v) is 10.6. The molecule has 0 saturated heterocycles. The van der Waals surface area contributed by atoms with E-state index in [1.54, 1.807) is 30.6 Å². The zero-order valence-electron chi connectivity index (χ0n) is 15.5. The minimum absolute atomic E-state index is 0.151. The van der Waals surface area contributed by atoms with Gasteiger partial charge in [-0.15, -0.1) is 0 Å². The van der Waals surface area contributed by atoms with Crippen LogP contribution >= 0.6 is 11.6 Å². The van der Waals surface area contributed by atoms with Gasteiger partial charge in [-0.3, -0.25) is 4.98 Å². The van der Waals surface area contributed by atoms with E-state index in [0.717, 1.165) is 5.56 Å². The number of halogens is 1. The lowest BCUT2D eigenvalue weighted by atomic mass is 10.0. The monoisotopic (exact) mass is 408 g/mol. The molecule has 146 valence electrons. The second kappa shape index (κ2) is 9.99. The maximum Gasteiger partial charge on any atom is 0.243 e. The zero-order valence-corrected chi connectivity index (χ0v) is 17.1. The number of sulfonamides is 1. The first-order chi connectivity index (χ1) is 12.8. The lowest BCUT2D eigenvalue weighted by Crippen LogP contribution is -2.43. The fourth-order valence-electron chi connectivity index (χ4n) is 2.78. The maximum absolute atomic E-state index is 13.2. The van der Waals surface area contributed by atoms with E-state index in [-0.39, 0.29) is 24.0 Å². The predicted octanol–water partition coefficient (Wildman–Crippen LogP) is 3.85. The lowest BCUT2D eigenvalue weighted by Gasteiger charge is -2.30. The molecule has 1 aromatic carbocycles. The third kappa shape index (κ3) is 6.14. The summed E-state index contributed by atoms with van der Waals surface area (Å²) in [6, 6.07) is 9.27. The Morgan fingerprint density at radius 3 is 2.48 bits per heavy atom. The smallest absolute Gasteiger partial charge is 0.243 e. The van der Waals surface area contributed by atoms with Crippen molar-refractivity contribution in [1.29, 1.82) is 0 Å². The van der Waals surface area contributed by atoms with Gasteiger partial charge in [0.15, 0.2) is 0 Å². The van der Waals surface area contributed by atoms with Crippen molar-refractivity contribution < 1.29 is 13.5 Å². The quantitative estimate of drug-likeness (QED) is 0.684. The molecule has 1 N–H and O–H groups in total. The average Bonchev–Trinajstić information content (AvgIpc) is 2.64. The van der Waals surface area contributed by atoms with Gasteiger partial charge in [0.1, 0.15) is 0 Å². The number of hydrogen-bond donors (Lipinski definition) is 1. The summed E-state index contributed by atoms with van der Waals surface area (Å²) >= 11 is 5.89. The molecule has 2 aromatic rings. The fraction of sp³-hybridized carbons (Fsp3) is 0.350. The van der Waals surface area contributed by atoms with Gasteiger partial charge in [-0.25, -0.2) is 8.42 Å². The summed E-state index contributed by atoms with van der Waals surface area (Å²) in [6.45, 7) is 3.91. The molecular weight excluding hydrogens is 384 g/mol. The molecule has 0 saturated carbocycles. The van der Waals surface area contributed by atoms with Crippen molar-refractivity contribution in [2.45, 2.75) is 31.2 Å². The third-order valence-electron chi connectivity index (χ3n) is 4.06. The molecule has 0 spiro atoms. The largest absolute Gasteiger partial charge is 0.395 e. The Morgan fingerprint density at radius 2 is 1.93 bits per heavy atom. The Morgan fingerprint density at radius 1 is 1.22 bits per heavy atom. The van der Waals surface area contributed by atoms with Gasteiger partial charge in [-0.1, -0.05) is 43.7 Å². The van der Waals surface area contributed by atoms with Crippen LogP contribution in [-0.4, -0.2) is 42.0 Å². The van der Waals surface area contributed by atoms with Gasteiger partial charge in [0, 0.05) is 30.0 Å². The van der Waals surface area contributed by atoms with Crippen LogP contribution in [0.3, 0.4) is 0 Å². The molecule has 1 heterocycles. The summed E-state index contributed by atoms with van der Waals surface area (Å²) in [5.74, 6) is 0.243. The Labute approximate surface area is 166 Å². The number of rotatable bonds is 9. The van der Waals surface area contributed by atoms with E-state index in [1.165, 1.54) is 16.4 Å². The highest BCUT2D eigenvalue weighted by Gasteiger charge is 2.30. The van der Waals surface area contributed by atoms with Crippen LogP contribution in [0.25, 0.3) is 6.08 Å². The van der Waals surface area contributed by atoms with Crippen LogP contribution in [-0.2, 0) is 10.0 Å². The summed E-state index contributed by atoms with van der Waals surface area (Å²) in [4.78, 5) is 4.20. The van der Waals surface area contributed by atoms with Crippen LogP contribution in [0.5, 0.6) is 0 Å². The van der Waals surface area contributed by atoms with Gasteiger partial charge in [-0.05, 0) is 48.2 Å². The van der Waals surface area contributed by atoms with Crippen LogP contribution in [0.2, 0.25) is 5.02 Å². The first-order valence-electron chi connectivity index (χ1n) is 8.79. The molecule has 0 bridgehead atoms. The maximum atomic E-state index is 13.2. The van der Waals surface area contributed by atoms with E-state index in [1.807, 2.05) is 32.1 Å². The summed E-state index contributed by atoms with van der Waals surface area (Å²) in [5.41, 5.74) is 0.880. The molecule has 7 heteroatoms. The molecule has 0 radical (unpaired) electrons. The van der Waals surface area contributed by atoms with Gasteiger partial charge < -0.3 is 5.11 Å². The molecule has 2 rings (SSSR count). The van der Waals surface area contributed by atoms with Crippen molar-refractivity contribution in [1.82, 2.24) is 9.29 Å². The molecule has 27 heavy (non-hydrogen) atoms. The van der Waals surface area contributed by atoms with E-state index < -0.39 is 16.1 Å². The van der Waals surface area contributed by atoms with E-state index in [4.69, 9.17) is 11.6 Å². The Hall–Kier alpha value is -1.73. The average molecular weight is 409 g/mol. The molecule has 1 unspecified atom stereocenters. The molecule has 0 aliphatic carbocycles. The number of benzene rings is 1. The number of nitrogens with zero attached hydrogens (tertiary/aromatic N) is 2. The Bertz CT molecular complexity index is 837. The van der Waals surface area contributed by atoms with Crippen molar-refractivity contribution in [2.24, 2.45) is 5.92 Å². The van der Waals surface area contributed by atoms with Crippen LogP contribution in [0, 0.1) is 5.92 Å². The van der Waals surface area contributed by atoms with Crippen molar-refractivity contribution in [3.8, 4) is 0 Å². The fourth-order valence-corrected chi connectivity index (χ4v) is 4.48. The van der Waals surface area contributed by atoms with Gasteiger partial charge in [0.2, 0.25) is 10.0 Å². The number of aromatic nitrogens is 1. The Kier molecular flexibility index (Phi) is 7.98. The Balaban J connectivity index is 2.33. The van der Waals surface area contributed by atoms with Crippen molar-refractivity contribution in [2.75, 3.05) is 13.2 Å². The van der Waals surface area contributed by atoms with Crippen molar-refractivity contribution in [3.63, 3.8) is 0 Å². The van der Waals surface area contributed by atoms with Gasteiger partial charge in [0.25, 0.3) is 0 Å². The van der Waals surface area contributed by atoms with Crippen LogP contribution in [0.15, 0.2) is 59.8 Å². The molecule has 0 amide bonds. The zero-order chi connectivity index (χ0) is 19.9. The summed E-state index contributed by atoms with van der Waals surface area (Å²) in [7, 11) is -3.78. The normalized spacial score (nSPS) is 13.6. The molecule has 0 fully saturated rings. The molecule has 0 aliphatic heterocycles. The number of hydrogen-bond acceptors (Lipinski definition) is 4. The summed E-state index contributed by atoms with van der Waals surface area (Å²) in [5, 5.41) is 10.3. The highest BCUT2D eigenvalue weighted by atomic mass is 35.5. The number of aliphatic hydroxyl groups excluding tert-OH is 1. The molecular formula is C20H25ClN2O3S. The van der Waals surface area contributed by atoms with Gasteiger partial charge in [0.05, 0.1) is 11.5 Å². The van der Waals surface area contributed by atoms with Crippen LogP contribution in [0.1, 0.15) is 25.8 Å². The van der Waals surface area contributed by atoms with Crippen molar-refractivity contribution >= 4 is 27.7 Å². The molecule has 5 nitrogen and oxygen atoms in total. The van der Waals surface area contributed by atoms with Gasteiger partial charge >= 0.3 is 0 Å². The summed E-state index contributed by atoms with van der Waals surface area (Å²) in [6.07, 6.45) is 7.53. The minimum atomic E-state index is -3.78. The SMILES string of the molecule is CC(C)CC(CO)N(CC=Cc1cccnc1)S(=O)(=O)c1ccc(Cl)cc1. The summed E-state index contributed by atoms with van der Waals surface area (Å²) < 4.78 is 27.7. The van der Waals surface area contributed by atoms with Crippen LogP contribution < -0.4 is 0 Å². The predicted molar refractivity (Wildman–Crippen MR) is 109 cm³/mol. The molecule has 1 aromatic heterocycles. The van der Waals surface area contributed by atoms with E-state index in [2.05, 4.69) is 4.98 Å². The van der Waals surface area contributed by atoms with E-state index >= 15 is 0 Å². The third-order valence-corrected chi connectivity index (χ3v) is 6.25. The highest BCUT2D eigenvalue weighted by molar-refractivity contribution is 7.89. The first kappa shape index (κ1) is 21.6. The topological polar surface area (TPSA) is 70.5 Å². The standard InChI is InChI=1S/C20H25ClN2O3S/c1-16(2)13-19(15-24)23(12-4-6-17-5-3-11-22-14-17)27(25,26)20-9-7-18(21)8-10-20/h3-11,14,16,19,24H,12-13,15H2,1-2H3. The van der Waals surface area contributed by atoms with Gasteiger partial charge in [-0.2, -0.15) is 4.31 Å².